The van der Waals surface area contributed by atoms with Crippen molar-refractivity contribution in [3.8, 4) is 0 Å². The largest absolute Gasteiger partial charge is 0.353 e. The molecular weight excluding hydrogens is 116 g/mol. The molecule has 1 rings (SSSR count). The third kappa shape index (κ3) is 1.54. The highest BCUT2D eigenvalue weighted by Crippen LogP contribution is 2.06. The third-order valence-corrected chi connectivity index (χ3v) is 1.08. The van der Waals surface area contributed by atoms with Gasteiger partial charge in [-0.05, 0) is 13.0 Å². The van der Waals surface area contributed by atoms with Gasteiger partial charge in [-0.15, -0.1) is 0 Å². The van der Waals surface area contributed by atoms with Crippen LogP contribution in [0.4, 0.5) is 0 Å². The highest BCUT2D eigenvalue weighted by atomic mass is 16.3. The molecule has 50 valence electrons. The van der Waals surface area contributed by atoms with Gasteiger partial charge in [-0.2, -0.15) is 0 Å². The molecule has 0 aromatic carbocycles. The minimum atomic E-state index is -1.10. The van der Waals surface area contributed by atoms with Gasteiger partial charge in [-0.1, -0.05) is 0 Å². The van der Waals surface area contributed by atoms with E-state index in [-0.39, 0.29) is 0 Å². The quantitative estimate of drug-likeness (QED) is 0.488. The van der Waals surface area contributed by atoms with Crippen LogP contribution in [0, 0.1) is 0 Å². The molecule has 1 unspecified atom stereocenters. The molecule has 1 atom stereocenters. The first-order chi connectivity index (χ1) is 4.10. The molecule has 0 amide bonds. The first-order valence-corrected chi connectivity index (χ1v) is 2.83. The minimum Gasteiger partial charge on any atom is -0.353 e. The van der Waals surface area contributed by atoms with Crippen LogP contribution in [0.1, 0.15) is 13.8 Å². The molecule has 3 heteroatoms. The van der Waals surface area contributed by atoms with Crippen LogP contribution in [0.5, 0.6) is 0 Å². The van der Waals surface area contributed by atoms with E-state index >= 15 is 0 Å². The molecule has 0 radical (unpaired) electrons. The van der Waals surface area contributed by atoms with E-state index < -0.39 is 5.85 Å². The lowest BCUT2D eigenvalue weighted by molar-refractivity contribution is 0.0434. The van der Waals surface area contributed by atoms with Crippen LogP contribution in [0.15, 0.2) is 16.8 Å². The van der Waals surface area contributed by atoms with Gasteiger partial charge in [-0.3, -0.25) is 0 Å². The van der Waals surface area contributed by atoms with Crippen molar-refractivity contribution < 1.29 is 5.11 Å². The number of allylic oxidation sites excluding steroid dienone is 2. The normalized spacial score (nSPS) is 33.4. The molecule has 0 saturated carbocycles. The Morgan fingerprint density at radius 2 is 2.44 bits per heavy atom. The lowest BCUT2D eigenvalue weighted by Gasteiger charge is -2.23. The van der Waals surface area contributed by atoms with Gasteiger partial charge in [0.1, 0.15) is 0 Å². The molecule has 0 saturated heterocycles. The van der Waals surface area contributed by atoms with Crippen LogP contribution in [0.25, 0.3) is 0 Å². The Balaban J connectivity index is 2.73. The van der Waals surface area contributed by atoms with Crippen molar-refractivity contribution in [3.63, 3.8) is 0 Å². The maximum absolute atomic E-state index is 9.20. The Kier molecular flexibility index (Phi) is 1.29. The van der Waals surface area contributed by atoms with Crippen molar-refractivity contribution in [3.05, 3.63) is 11.8 Å². The van der Waals surface area contributed by atoms with E-state index in [1.807, 2.05) is 6.92 Å². The van der Waals surface area contributed by atoms with E-state index in [1.165, 1.54) is 0 Å². The van der Waals surface area contributed by atoms with Crippen molar-refractivity contribution >= 4 is 6.21 Å². The molecule has 1 aliphatic rings. The van der Waals surface area contributed by atoms with Crippen LogP contribution < -0.4 is 5.32 Å². The zero-order chi connectivity index (χ0) is 6.91. The van der Waals surface area contributed by atoms with Crippen molar-refractivity contribution in [1.82, 2.24) is 5.32 Å². The van der Waals surface area contributed by atoms with Crippen LogP contribution in [-0.2, 0) is 0 Å². The first kappa shape index (κ1) is 6.29. The second-order valence-electron chi connectivity index (χ2n) is 2.27. The van der Waals surface area contributed by atoms with Crippen molar-refractivity contribution in [2.24, 2.45) is 4.99 Å². The number of aliphatic imine (C=N–C) groups is 1. The van der Waals surface area contributed by atoms with E-state index in [2.05, 4.69) is 10.3 Å². The maximum atomic E-state index is 9.20. The van der Waals surface area contributed by atoms with Crippen LogP contribution in [-0.4, -0.2) is 17.2 Å². The molecule has 0 fully saturated rings. The molecule has 0 spiro atoms. The van der Waals surface area contributed by atoms with Gasteiger partial charge in [-0.25, -0.2) is 4.99 Å². The Labute approximate surface area is 54.1 Å². The van der Waals surface area contributed by atoms with Gasteiger partial charge in [0.15, 0.2) is 0 Å². The zero-order valence-electron chi connectivity index (χ0n) is 5.55. The predicted octanol–water partition coefficient (Wildman–Crippen LogP) is 0.230. The predicted molar refractivity (Wildman–Crippen MR) is 36.0 cm³/mol. The second kappa shape index (κ2) is 1.84. The fourth-order valence-corrected chi connectivity index (χ4v) is 0.742. The number of nitrogens with zero attached hydrogens (tertiary/aromatic N) is 1. The van der Waals surface area contributed by atoms with E-state index in [4.69, 9.17) is 0 Å². The fourth-order valence-electron chi connectivity index (χ4n) is 0.742. The summed E-state index contributed by atoms with van der Waals surface area (Å²) in [5.41, 5.74) is 0.926. The maximum Gasteiger partial charge on any atom is 0.230 e. The van der Waals surface area contributed by atoms with Crippen LogP contribution in [0.3, 0.4) is 0 Å². The van der Waals surface area contributed by atoms with E-state index in [0.717, 1.165) is 5.70 Å². The summed E-state index contributed by atoms with van der Waals surface area (Å²) in [6, 6.07) is 0. The summed E-state index contributed by atoms with van der Waals surface area (Å²) in [7, 11) is 0. The molecule has 3 nitrogen and oxygen atoms in total. The topological polar surface area (TPSA) is 44.6 Å². The standard InChI is InChI=1S/C6H10N2O/c1-5-3-4-7-6(2,9)8-5/h3-4,8-9H,1-2H3. The van der Waals surface area contributed by atoms with E-state index in [9.17, 15) is 5.11 Å². The molecular formula is C6H10N2O. The van der Waals surface area contributed by atoms with Gasteiger partial charge in [0.2, 0.25) is 5.85 Å². The van der Waals surface area contributed by atoms with E-state index in [0.29, 0.717) is 0 Å². The lowest BCUT2D eigenvalue weighted by Crippen LogP contribution is -2.40. The first-order valence-electron chi connectivity index (χ1n) is 2.83. The summed E-state index contributed by atoms with van der Waals surface area (Å²) in [5.74, 6) is -1.10. The van der Waals surface area contributed by atoms with Gasteiger partial charge in [0, 0.05) is 18.8 Å². The van der Waals surface area contributed by atoms with Gasteiger partial charge in [0.05, 0.1) is 0 Å². The molecule has 0 aliphatic carbocycles. The fraction of sp³-hybridized carbons (Fsp3) is 0.500. The second-order valence-corrected chi connectivity index (χ2v) is 2.27. The molecule has 0 bridgehead atoms. The van der Waals surface area contributed by atoms with Crippen LogP contribution in [0.2, 0.25) is 0 Å². The zero-order valence-corrected chi connectivity index (χ0v) is 5.55. The summed E-state index contributed by atoms with van der Waals surface area (Å²) in [5, 5.41) is 12.0. The lowest BCUT2D eigenvalue weighted by atomic mass is 10.3. The number of hydrogen-bond acceptors (Lipinski definition) is 3. The monoisotopic (exact) mass is 126 g/mol. The van der Waals surface area contributed by atoms with Crippen molar-refractivity contribution in [2.75, 3.05) is 0 Å². The Bertz CT molecular complexity index is 170. The van der Waals surface area contributed by atoms with Crippen molar-refractivity contribution in [1.29, 1.82) is 0 Å². The van der Waals surface area contributed by atoms with Gasteiger partial charge in [0.25, 0.3) is 0 Å². The van der Waals surface area contributed by atoms with Crippen LogP contribution >= 0.6 is 0 Å². The number of aliphatic hydroxyl groups is 1. The smallest absolute Gasteiger partial charge is 0.230 e. The number of nitrogens with one attached hydrogen (secondary N) is 1. The average Bonchev–Trinajstić information content (AvgIpc) is 1.60. The van der Waals surface area contributed by atoms with E-state index in [1.54, 1.807) is 19.2 Å². The highest BCUT2D eigenvalue weighted by Gasteiger charge is 2.18. The SMILES string of the molecule is CC1=CC=NC(C)(O)N1. The summed E-state index contributed by atoms with van der Waals surface area (Å²) in [6.07, 6.45) is 3.39. The Hall–Kier alpha value is -0.830. The molecule has 1 heterocycles. The van der Waals surface area contributed by atoms with Gasteiger partial charge < -0.3 is 10.4 Å². The summed E-state index contributed by atoms with van der Waals surface area (Å²) in [6.45, 7) is 3.47. The number of hydrogen-bond donors (Lipinski definition) is 2. The Morgan fingerprint density at radius 1 is 1.78 bits per heavy atom. The molecule has 1 aliphatic heterocycles. The summed E-state index contributed by atoms with van der Waals surface area (Å²) < 4.78 is 0. The number of rotatable bonds is 0. The Morgan fingerprint density at radius 3 is 2.78 bits per heavy atom. The molecule has 2 N–H and O–H groups in total. The molecule has 9 heavy (non-hydrogen) atoms. The van der Waals surface area contributed by atoms with Gasteiger partial charge >= 0.3 is 0 Å². The molecule has 0 aromatic rings. The average molecular weight is 126 g/mol. The summed E-state index contributed by atoms with van der Waals surface area (Å²) in [4.78, 5) is 3.76. The molecule has 0 aromatic heterocycles. The highest BCUT2D eigenvalue weighted by molar-refractivity contribution is 5.73. The summed E-state index contributed by atoms with van der Waals surface area (Å²) >= 11 is 0. The minimum absolute atomic E-state index is 0.926. The third-order valence-electron chi connectivity index (χ3n) is 1.08. The van der Waals surface area contributed by atoms with Crippen molar-refractivity contribution in [2.45, 2.75) is 19.7 Å².